The Labute approximate surface area is 78.5 Å². The largest absolute Gasteiger partial charge is 0.303 e. The third kappa shape index (κ3) is 7.37. The lowest BCUT2D eigenvalue weighted by Crippen LogP contribution is -2.06. The third-order valence-electron chi connectivity index (χ3n) is 1.82. The molecule has 0 amide bonds. The summed E-state index contributed by atoms with van der Waals surface area (Å²) in [6.45, 7) is 1.75. The molecule has 0 aromatic rings. The quantitative estimate of drug-likeness (QED) is 0.327. The Bertz CT molecular complexity index is 185. The molecule has 0 aromatic carbocycles. The SMILES string of the molecule is CCC(=O)CC(=O)CCCCC=O. The van der Waals surface area contributed by atoms with Crippen LogP contribution < -0.4 is 0 Å². The number of rotatable bonds is 8. The maximum Gasteiger partial charge on any atom is 0.140 e. The van der Waals surface area contributed by atoms with Crippen molar-refractivity contribution in [1.29, 1.82) is 0 Å². The van der Waals surface area contributed by atoms with Gasteiger partial charge in [-0.05, 0) is 12.8 Å². The number of carbonyl (C=O) groups is 3. The second-order valence-electron chi connectivity index (χ2n) is 3.02. The summed E-state index contributed by atoms with van der Waals surface area (Å²) in [6, 6.07) is 0. The molecule has 0 aromatic heterocycles. The van der Waals surface area contributed by atoms with Crippen molar-refractivity contribution >= 4 is 17.9 Å². The van der Waals surface area contributed by atoms with Gasteiger partial charge < -0.3 is 4.79 Å². The number of aldehydes is 1. The molecule has 0 radical (unpaired) electrons. The lowest BCUT2D eigenvalue weighted by molar-refractivity contribution is -0.127. The minimum Gasteiger partial charge on any atom is -0.303 e. The third-order valence-corrected chi connectivity index (χ3v) is 1.82. The molecule has 74 valence electrons. The van der Waals surface area contributed by atoms with Crippen LogP contribution in [-0.2, 0) is 14.4 Å². The summed E-state index contributed by atoms with van der Waals surface area (Å²) in [4.78, 5) is 31.8. The molecule has 0 spiro atoms. The van der Waals surface area contributed by atoms with E-state index in [9.17, 15) is 14.4 Å². The Balaban J connectivity index is 3.40. The number of hydrogen-bond acceptors (Lipinski definition) is 3. The molecule has 0 saturated carbocycles. The van der Waals surface area contributed by atoms with Gasteiger partial charge in [0.25, 0.3) is 0 Å². The monoisotopic (exact) mass is 184 g/mol. The van der Waals surface area contributed by atoms with Crippen molar-refractivity contribution in [3.63, 3.8) is 0 Å². The first-order chi connectivity index (χ1) is 6.20. The minimum atomic E-state index is -0.00208. The van der Waals surface area contributed by atoms with Gasteiger partial charge in [0.1, 0.15) is 17.9 Å². The fourth-order valence-corrected chi connectivity index (χ4v) is 0.983. The van der Waals surface area contributed by atoms with E-state index in [2.05, 4.69) is 0 Å². The molecule has 13 heavy (non-hydrogen) atoms. The fourth-order valence-electron chi connectivity index (χ4n) is 0.983. The number of Topliss-reactive ketones (excluding diaryl/α,β-unsaturated/α-hetero) is 2. The van der Waals surface area contributed by atoms with Gasteiger partial charge in [-0.15, -0.1) is 0 Å². The van der Waals surface area contributed by atoms with E-state index in [-0.39, 0.29) is 18.0 Å². The van der Waals surface area contributed by atoms with Gasteiger partial charge in [-0.2, -0.15) is 0 Å². The Morgan fingerprint density at radius 3 is 2.38 bits per heavy atom. The standard InChI is InChI=1S/C10H16O3/c1-2-9(12)8-10(13)6-4-3-5-7-11/h7H,2-6,8H2,1H3. The van der Waals surface area contributed by atoms with Crippen LogP contribution in [0.3, 0.4) is 0 Å². The molecule has 0 fully saturated rings. The summed E-state index contributed by atoms with van der Waals surface area (Å²) < 4.78 is 0. The van der Waals surface area contributed by atoms with Gasteiger partial charge in [-0.3, -0.25) is 9.59 Å². The molecule has 0 aliphatic rings. The molecule has 0 unspecified atom stereocenters. The van der Waals surface area contributed by atoms with E-state index in [1.807, 2.05) is 0 Å². The van der Waals surface area contributed by atoms with Crippen molar-refractivity contribution in [2.24, 2.45) is 0 Å². The van der Waals surface area contributed by atoms with E-state index in [1.165, 1.54) is 0 Å². The van der Waals surface area contributed by atoms with Gasteiger partial charge in [0.05, 0.1) is 6.42 Å². The van der Waals surface area contributed by atoms with E-state index >= 15 is 0 Å². The van der Waals surface area contributed by atoms with E-state index < -0.39 is 0 Å². The highest BCUT2D eigenvalue weighted by atomic mass is 16.1. The van der Waals surface area contributed by atoms with Gasteiger partial charge in [0.15, 0.2) is 0 Å². The average molecular weight is 184 g/mol. The molecule has 0 saturated heterocycles. The van der Waals surface area contributed by atoms with Crippen LogP contribution in [-0.4, -0.2) is 17.9 Å². The second kappa shape index (κ2) is 7.65. The topological polar surface area (TPSA) is 51.2 Å². The molecular weight excluding hydrogens is 168 g/mol. The molecule has 0 rings (SSSR count). The van der Waals surface area contributed by atoms with E-state index in [1.54, 1.807) is 6.92 Å². The Kier molecular flexibility index (Phi) is 7.07. The zero-order chi connectivity index (χ0) is 10.1. The first kappa shape index (κ1) is 12.0. The van der Waals surface area contributed by atoms with Crippen molar-refractivity contribution < 1.29 is 14.4 Å². The molecular formula is C10H16O3. The maximum atomic E-state index is 11.1. The van der Waals surface area contributed by atoms with Gasteiger partial charge >= 0.3 is 0 Å². The molecule has 3 nitrogen and oxygen atoms in total. The number of carbonyl (C=O) groups excluding carboxylic acids is 3. The lowest BCUT2D eigenvalue weighted by Gasteiger charge is -1.97. The van der Waals surface area contributed by atoms with Gasteiger partial charge in [0, 0.05) is 19.3 Å². The van der Waals surface area contributed by atoms with Crippen LogP contribution in [0, 0.1) is 0 Å². The molecule has 0 heterocycles. The lowest BCUT2D eigenvalue weighted by atomic mass is 10.1. The van der Waals surface area contributed by atoms with Crippen LogP contribution in [0.2, 0.25) is 0 Å². The molecule has 0 aliphatic carbocycles. The van der Waals surface area contributed by atoms with Crippen LogP contribution in [0.5, 0.6) is 0 Å². The summed E-state index contributed by atoms with van der Waals surface area (Å²) in [5.41, 5.74) is 0. The van der Waals surface area contributed by atoms with E-state index in [0.29, 0.717) is 25.7 Å². The molecule has 3 heteroatoms. The average Bonchev–Trinajstić information content (AvgIpc) is 2.12. The predicted octanol–water partition coefficient (Wildman–Crippen LogP) is 1.68. The van der Waals surface area contributed by atoms with Gasteiger partial charge in [0.2, 0.25) is 0 Å². The smallest absolute Gasteiger partial charge is 0.140 e. The van der Waals surface area contributed by atoms with Gasteiger partial charge in [-0.25, -0.2) is 0 Å². The Morgan fingerprint density at radius 1 is 1.15 bits per heavy atom. The van der Waals surface area contributed by atoms with Crippen LogP contribution in [0.15, 0.2) is 0 Å². The predicted molar refractivity (Wildman–Crippen MR) is 49.5 cm³/mol. The van der Waals surface area contributed by atoms with Crippen LogP contribution >= 0.6 is 0 Å². The summed E-state index contributed by atoms with van der Waals surface area (Å²) in [6.07, 6.45) is 3.75. The highest BCUT2D eigenvalue weighted by Crippen LogP contribution is 2.02. The highest BCUT2D eigenvalue weighted by Gasteiger charge is 2.06. The zero-order valence-electron chi connectivity index (χ0n) is 8.04. The zero-order valence-corrected chi connectivity index (χ0v) is 8.04. The summed E-state index contributed by atoms with van der Waals surface area (Å²) in [7, 11) is 0. The second-order valence-corrected chi connectivity index (χ2v) is 3.02. The molecule has 0 bridgehead atoms. The molecule has 0 N–H and O–H groups in total. The van der Waals surface area contributed by atoms with Crippen molar-refractivity contribution in [2.75, 3.05) is 0 Å². The van der Waals surface area contributed by atoms with E-state index in [4.69, 9.17) is 0 Å². The van der Waals surface area contributed by atoms with Crippen LogP contribution in [0.1, 0.15) is 45.4 Å². The summed E-state index contributed by atoms with van der Waals surface area (Å²) in [5, 5.41) is 0. The van der Waals surface area contributed by atoms with Crippen molar-refractivity contribution in [3.05, 3.63) is 0 Å². The van der Waals surface area contributed by atoms with Crippen molar-refractivity contribution in [3.8, 4) is 0 Å². The minimum absolute atomic E-state index is 0.000359. The Morgan fingerprint density at radius 2 is 1.85 bits per heavy atom. The Hall–Kier alpha value is -0.990. The van der Waals surface area contributed by atoms with E-state index in [0.717, 1.165) is 12.7 Å². The number of unbranched alkanes of at least 4 members (excludes halogenated alkanes) is 2. The van der Waals surface area contributed by atoms with Crippen molar-refractivity contribution in [1.82, 2.24) is 0 Å². The normalized spacial score (nSPS) is 9.62. The van der Waals surface area contributed by atoms with Crippen molar-refractivity contribution in [2.45, 2.75) is 45.4 Å². The van der Waals surface area contributed by atoms with Gasteiger partial charge in [-0.1, -0.05) is 6.92 Å². The summed E-state index contributed by atoms with van der Waals surface area (Å²) in [5.74, 6) is -0.00173. The molecule has 0 atom stereocenters. The molecule has 0 aliphatic heterocycles. The first-order valence-corrected chi connectivity index (χ1v) is 4.67. The summed E-state index contributed by atoms with van der Waals surface area (Å²) >= 11 is 0. The van der Waals surface area contributed by atoms with Crippen LogP contribution in [0.25, 0.3) is 0 Å². The fraction of sp³-hybridized carbons (Fsp3) is 0.700. The highest BCUT2D eigenvalue weighted by molar-refractivity contribution is 5.98. The maximum absolute atomic E-state index is 11.1. The first-order valence-electron chi connectivity index (χ1n) is 4.67. The number of hydrogen-bond donors (Lipinski definition) is 0. The van der Waals surface area contributed by atoms with Crippen LogP contribution in [0.4, 0.5) is 0 Å². The number of ketones is 2.